The van der Waals surface area contributed by atoms with Gasteiger partial charge in [-0.05, 0) is 47.5 Å². The average molecular weight is 317 g/mol. The Labute approximate surface area is 138 Å². The van der Waals surface area contributed by atoms with Crippen molar-refractivity contribution in [2.24, 2.45) is 0 Å². The molecule has 0 bridgehead atoms. The van der Waals surface area contributed by atoms with Crippen LogP contribution in [0.25, 0.3) is 33.4 Å². The highest BCUT2D eigenvalue weighted by Gasteiger charge is 2.07. The Morgan fingerprint density at radius 2 is 1.88 bits per heavy atom. The van der Waals surface area contributed by atoms with Crippen LogP contribution in [0.1, 0.15) is 6.92 Å². The number of aromatic nitrogens is 2. The van der Waals surface area contributed by atoms with Crippen LogP contribution in [-0.4, -0.2) is 15.8 Å². The number of hydrogen-bond donors (Lipinski definition) is 1. The third-order valence-electron chi connectivity index (χ3n) is 3.75. The summed E-state index contributed by atoms with van der Waals surface area (Å²) in [7, 11) is 0. The van der Waals surface area contributed by atoms with Crippen molar-refractivity contribution in [1.29, 1.82) is 0 Å². The van der Waals surface area contributed by atoms with Crippen molar-refractivity contribution in [3.05, 3.63) is 67.1 Å². The second kappa shape index (κ2) is 5.70. The summed E-state index contributed by atoms with van der Waals surface area (Å²) in [5, 5.41) is 5.05. The van der Waals surface area contributed by atoms with E-state index in [1.165, 1.54) is 22.8 Å². The number of carbonyl (C=O) groups is 1. The molecule has 24 heavy (non-hydrogen) atoms. The first-order chi connectivity index (χ1) is 11.7. The first-order valence-corrected chi connectivity index (χ1v) is 7.60. The molecular weight excluding hydrogens is 302 g/mol. The number of benzene rings is 2. The standard InChI is InChI=1S/C13H11N3O2.C6H4/c1-9(17)15-16-12-5-4-10(7-11(12)8-14-16)13-3-2-6-18-13;1-2-5-4-6(5)3-1/h2-8H,1H3,(H,15,17);1-4H. The molecule has 2 heterocycles. The van der Waals surface area contributed by atoms with E-state index in [4.69, 9.17) is 4.42 Å². The summed E-state index contributed by atoms with van der Waals surface area (Å²) in [5.41, 5.74) is 7.31. The van der Waals surface area contributed by atoms with Crippen molar-refractivity contribution < 1.29 is 9.21 Å². The van der Waals surface area contributed by atoms with E-state index in [2.05, 4.69) is 34.8 Å². The molecule has 2 aliphatic carbocycles. The van der Waals surface area contributed by atoms with Gasteiger partial charge >= 0.3 is 0 Å². The van der Waals surface area contributed by atoms with Crippen LogP contribution in [0.2, 0.25) is 0 Å². The maximum Gasteiger partial charge on any atom is 0.236 e. The molecule has 0 saturated heterocycles. The van der Waals surface area contributed by atoms with Crippen LogP contribution < -0.4 is 5.43 Å². The van der Waals surface area contributed by atoms with Crippen molar-refractivity contribution in [3.63, 3.8) is 0 Å². The lowest BCUT2D eigenvalue weighted by Gasteiger charge is -2.03. The van der Waals surface area contributed by atoms with Gasteiger partial charge in [-0.3, -0.25) is 4.79 Å². The average Bonchev–Trinajstić information content (AvgIpc) is 3.03. The number of nitrogens with one attached hydrogen (secondary N) is 1. The zero-order valence-electron chi connectivity index (χ0n) is 13.1. The van der Waals surface area contributed by atoms with Gasteiger partial charge in [0.15, 0.2) is 0 Å². The molecule has 2 aliphatic rings. The summed E-state index contributed by atoms with van der Waals surface area (Å²) < 4.78 is 5.34. The number of furan rings is 1. The molecule has 5 heteroatoms. The van der Waals surface area contributed by atoms with Crippen LogP contribution >= 0.6 is 0 Å². The SMILES string of the molecule is CC(=O)Nn1ncc2cc(-c3ccco3)ccc21.c1cc2cc-2c1. The van der Waals surface area contributed by atoms with Crippen molar-refractivity contribution in [2.75, 3.05) is 5.43 Å². The lowest BCUT2D eigenvalue weighted by molar-refractivity contribution is -0.115. The Morgan fingerprint density at radius 1 is 1.04 bits per heavy atom. The molecule has 0 saturated carbocycles. The van der Waals surface area contributed by atoms with Gasteiger partial charge in [-0.1, -0.05) is 18.2 Å². The number of carbonyl (C=O) groups excluding carboxylic acids is 1. The number of nitrogens with zero attached hydrogens (tertiary/aromatic N) is 2. The fraction of sp³-hybridized carbons (Fsp3) is 0.0526. The maximum atomic E-state index is 11.0. The van der Waals surface area contributed by atoms with E-state index in [-0.39, 0.29) is 5.91 Å². The molecule has 1 amide bonds. The van der Waals surface area contributed by atoms with Gasteiger partial charge in [0.1, 0.15) is 5.76 Å². The molecule has 5 nitrogen and oxygen atoms in total. The van der Waals surface area contributed by atoms with Crippen molar-refractivity contribution in [1.82, 2.24) is 9.89 Å². The van der Waals surface area contributed by atoms with Gasteiger partial charge in [-0.15, -0.1) is 0 Å². The fourth-order valence-corrected chi connectivity index (χ4v) is 2.54. The molecule has 1 aromatic carbocycles. The zero-order chi connectivity index (χ0) is 16.5. The van der Waals surface area contributed by atoms with E-state index in [9.17, 15) is 4.79 Å². The zero-order valence-corrected chi connectivity index (χ0v) is 13.1. The van der Waals surface area contributed by atoms with Crippen molar-refractivity contribution in [3.8, 4) is 22.5 Å². The second-order valence-corrected chi connectivity index (χ2v) is 5.56. The molecule has 0 atom stereocenters. The largest absolute Gasteiger partial charge is 0.464 e. The van der Waals surface area contributed by atoms with Crippen molar-refractivity contribution >= 4 is 16.8 Å². The third-order valence-corrected chi connectivity index (χ3v) is 3.75. The molecule has 5 rings (SSSR count). The van der Waals surface area contributed by atoms with E-state index < -0.39 is 0 Å². The first-order valence-electron chi connectivity index (χ1n) is 7.60. The van der Waals surface area contributed by atoms with Gasteiger partial charge in [0, 0.05) is 17.9 Å². The van der Waals surface area contributed by atoms with E-state index in [1.807, 2.05) is 30.3 Å². The van der Waals surface area contributed by atoms with E-state index in [0.717, 1.165) is 22.2 Å². The molecule has 0 aliphatic heterocycles. The highest BCUT2D eigenvalue weighted by molar-refractivity contribution is 5.87. The summed E-state index contributed by atoms with van der Waals surface area (Å²) in [4.78, 5) is 12.5. The topological polar surface area (TPSA) is 60.1 Å². The van der Waals surface area contributed by atoms with Crippen LogP contribution in [0.3, 0.4) is 0 Å². The van der Waals surface area contributed by atoms with E-state index >= 15 is 0 Å². The number of rotatable bonds is 2. The lowest BCUT2D eigenvalue weighted by atomic mass is 10.1. The summed E-state index contributed by atoms with van der Waals surface area (Å²) in [6.07, 6.45) is 3.35. The summed E-state index contributed by atoms with van der Waals surface area (Å²) >= 11 is 0. The molecule has 0 radical (unpaired) electrons. The van der Waals surface area contributed by atoms with Crippen LogP contribution in [0, 0.1) is 0 Å². The summed E-state index contributed by atoms with van der Waals surface area (Å²) in [6.45, 7) is 1.45. The van der Waals surface area contributed by atoms with Gasteiger partial charge in [-0.25, -0.2) is 5.43 Å². The molecular formula is C19H15N3O2. The van der Waals surface area contributed by atoms with Gasteiger partial charge in [0.2, 0.25) is 5.91 Å². The molecule has 3 aromatic rings. The van der Waals surface area contributed by atoms with Crippen LogP contribution in [0.4, 0.5) is 0 Å². The van der Waals surface area contributed by atoms with Gasteiger partial charge in [-0.2, -0.15) is 9.89 Å². The van der Waals surface area contributed by atoms with Crippen LogP contribution in [-0.2, 0) is 4.79 Å². The molecule has 118 valence electrons. The minimum Gasteiger partial charge on any atom is -0.464 e. The number of amides is 1. The highest BCUT2D eigenvalue weighted by Crippen LogP contribution is 2.32. The van der Waals surface area contributed by atoms with Crippen LogP contribution in [0.5, 0.6) is 0 Å². The van der Waals surface area contributed by atoms with Gasteiger partial charge in [0.25, 0.3) is 0 Å². The molecule has 1 N–H and O–H groups in total. The highest BCUT2D eigenvalue weighted by atomic mass is 16.3. The minimum atomic E-state index is -0.157. The molecule has 0 fully saturated rings. The van der Waals surface area contributed by atoms with Gasteiger partial charge in [0.05, 0.1) is 18.0 Å². The molecule has 2 aromatic heterocycles. The Hall–Kier alpha value is -3.34. The maximum absolute atomic E-state index is 11.0. The third kappa shape index (κ3) is 2.79. The second-order valence-electron chi connectivity index (χ2n) is 5.56. The summed E-state index contributed by atoms with van der Waals surface area (Å²) in [6, 6.07) is 18.0. The predicted molar refractivity (Wildman–Crippen MR) is 92.9 cm³/mol. The molecule has 0 unspecified atom stereocenters. The Balaban J connectivity index is 0.000000201. The first kappa shape index (κ1) is 14.3. The Kier molecular flexibility index (Phi) is 3.39. The lowest BCUT2D eigenvalue weighted by Crippen LogP contribution is -2.20. The predicted octanol–water partition coefficient (Wildman–Crippen LogP) is 4.05. The van der Waals surface area contributed by atoms with Crippen molar-refractivity contribution in [2.45, 2.75) is 6.92 Å². The fourth-order valence-electron chi connectivity index (χ4n) is 2.54. The number of fused-ring (bicyclic) bond motifs is 2. The monoisotopic (exact) mass is 317 g/mol. The van der Waals surface area contributed by atoms with Crippen LogP contribution in [0.15, 0.2) is 71.5 Å². The quantitative estimate of drug-likeness (QED) is 0.534. The Bertz CT molecular complexity index is 999. The molecule has 0 spiro atoms. The van der Waals surface area contributed by atoms with E-state index in [1.54, 1.807) is 12.5 Å². The van der Waals surface area contributed by atoms with Gasteiger partial charge < -0.3 is 4.42 Å². The minimum absolute atomic E-state index is 0.157. The normalized spacial score (nSPS) is 10.9. The summed E-state index contributed by atoms with van der Waals surface area (Å²) in [5.74, 6) is 0.652. The Morgan fingerprint density at radius 3 is 2.46 bits per heavy atom. The number of hydrogen-bond acceptors (Lipinski definition) is 3. The smallest absolute Gasteiger partial charge is 0.236 e. The van der Waals surface area contributed by atoms with E-state index in [0.29, 0.717) is 0 Å².